The molecule has 0 unspecified atom stereocenters. The molecular weight excluding hydrogens is 660 g/mol. The third-order valence-corrected chi connectivity index (χ3v) is 7.54. The zero-order valence-corrected chi connectivity index (χ0v) is 26.9. The Hall–Kier alpha value is -5.35. The van der Waals surface area contributed by atoms with Gasteiger partial charge >= 0.3 is 17.9 Å². The Morgan fingerprint density at radius 2 is 1.24 bits per heavy atom. The van der Waals surface area contributed by atoms with Crippen LogP contribution < -0.4 is 0 Å². The molecule has 3 aromatic carbocycles. The number of aromatic hydroxyl groups is 5. The maximum atomic E-state index is 13.2. The van der Waals surface area contributed by atoms with E-state index in [9.17, 15) is 50.1 Å². The van der Waals surface area contributed by atoms with Gasteiger partial charge in [0.1, 0.15) is 24.6 Å². The summed E-state index contributed by atoms with van der Waals surface area (Å²) in [4.78, 5) is 39.0. The first-order valence-corrected chi connectivity index (χ1v) is 15.4. The lowest BCUT2D eigenvalue weighted by Gasteiger charge is -2.43. The summed E-state index contributed by atoms with van der Waals surface area (Å²) in [5.74, 6) is -4.28. The minimum Gasteiger partial charge on any atom is -0.508 e. The molecule has 50 heavy (non-hydrogen) atoms. The Labute approximate surface area is 286 Å². The molecule has 0 saturated carbocycles. The van der Waals surface area contributed by atoms with E-state index < -0.39 is 78.9 Å². The van der Waals surface area contributed by atoms with Crippen molar-refractivity contribution in [2.45, 2.75) is 56.9 Å². The number of carbonyl (C=O) groups is 3. The molecule has 0 aliphatic carbocycles. The fraction of sp³-hybridized carbons (Fsp3) is 0.343. The first-order valence-electron chi connectivity index (χ1n) is 15.4. The standard InChI is InChI=1S/C35H38O15/c1-19(10-11-36)17-47-35-34(50-31(44)16-22-5-9-25(39)27(41)13-22)33(49-30(43)14-20-2-6-23(37)7-3-20)32(45)28(48-35)18-46-29(42)15-21-4-8-24(38)26(40)12-21/h2-10,12-13,28,32-41,45H,11,14-18H2,1H3/t28-,32-,33+,34-,35-/m1/s1. The van der Waals surface area contributed by atoms with Crippen molar-refractivity contribution in [3.05, 3.63) is 89.0 Å². The first kappa shape index (κ1) is 37.5. The number of esters is 3. The average molecular weight is 699 g/mol. The van der Waals surface area contributed by atoms with Crippen LogP contribution in [0.25, 0.3) is 0 Å². The number of phenolic OH excluding ortho intramolecular Hbond substituents is 5. The topological polar surface area (TPSA) is 239 Å². The van der Waals surface area contributed by atoms with E-state index >= 15 is 0 Å². The molecule has 268 valence electrons. The van der Waals surface area contributed by atoms with Crippen molar-refractivity contribution < 1.29 is 73.8 Å². The lowest BCUT2D eigenvalue weighted by Crippen LogP contribution is -2.62. The summed E-state index contributed by atoms with van der Waals surface area (Å²) < 4.78 is 28.5. The van der Waals surface area contributed by atoms with E-state index in [4.69, 9.17) is 23.7 Å². The smallest absolute Gasteiger partial charge is 0.310 e. The van der Waals surface area contributed by atoms with E-state index in [-0.39, 0.29) is 43.1 Å². The lowest BCUT2D eigenvalue weighted by atomic mass is 9.98. The number of rotatable bonds is 14. The van der Waals surface area contributed by atoms with Gasteiger partial charge in [-0.25, -0.2) is 0 Å². The van der Waals surface area contributed by atoms with Crippen LogP contribution in [0.15, 0.2) is 72.3 Å². The van der Waals surface area contributed by atoms with E-state index in [1.54, 1.807) is 6.92 Å². The molecule has 0 radical (unpaired) electrons. The van der Waals surface area contributed by atoms with Crippen molar-refractivity contribution in [2.75, 3.05) is 19.8 Å². The number of ether oxygens (including phenoxy) is 5. The maximum Gasteiger partial charge on any atom is 0.310 e. The Morgan fingerprint density at radius 1 is 0.720 bits per heavy atom. The van der Waals surface area contributed by atoms with Gasteiger partial charge in [-0.1, -0.05) is 30.3 Å². The van der Waals surface area contributed by atoms with Crippen LogP contribution in [0.4, 0.5) is 0 Å². The fourth-order valence-electron chi connectivity index (χ4n) is 4.94. The van der Waals surface area contributed by atoms with Crippen LogP contribution >= 0.6 is 0 Å². The van der Waals surface area contributed by atoms with Crippen molar-refractivity contribution in [1.82, 2.24) is 0 Å². The summed E-state index contributed by atoms with van der Waals surface area (Å²) in [5, 5.41) is 69.0. The Kier molecular flexibility index (Phi) is 13.0. The number of aliphatic hydroxyl groups is 2. The molecule has 1 fully saturated rings. The van der Waals surface area contributed by atoms with Crippen LogP contribution in [0.5, 0.6) is 28.7 Å². The molecular formula is C35H38O15. The van der Waals surface area contributed by atoms with Gasteiger partial charge in [-0.15, -0.1) is 0 Å². The van der Waals surface area contributed by atoms with Gasteiger partial charge in [0, 0.05) is 0 Å². The monoisotopic (exact) mass is 698 g/mol. The molecule has 1 heterocycles. The molecule has 1 aliphatic rings. The molecule has 1 aliphatic heterocycles. The summed E-state index contributed by atoms with van der Waals surface area (Å²) >= 11 is 0. The molecule has 0 spiro atoms. The molecule has 0 bridgehead atoms. The highest BCUT2D eigenvalue weighted by Crippen LogP contribution is 2.30. The van der Waals surface area contributed by atoms with E-state index in [1.165, 1.54) is 60.7 Å². The first-order chi connectivity index (χ1) is 23.8. The van der Waals surface area contributed by atoms with Crippen LogP contribution in [0.3, 0.4) is 0 Å². The van der Waals surface area contributed by atoms with Crippen molar-refractivity contribution in [2.24, 2.45) is 0 Å². The van der Waals surface area contributed by atoms with Gasteiger partial charge in [0.25, 0.3) is 0 Å². The predicted molar refractivity (Wildman–Crippen MR) is 171 cm³/mol. The average Bonchev–Trinajstić information content (AvgIpc) is 3.06. The molecule has 0 aromatic heterocycles. The molecule has 15 heteroatoms. The normalized spacial score (nSPS) is 20.5. The highest BCUT2D eigenvalue weighted by Gasteiger charge is 2.51. The van der Waals surface area contributed by atoms with Crippen LogP contribution in [-0.2, 0) is 57.3 Å². The molecule has 0 amide bonds. The van der Waals surface area contributed by atoms with Gasteiger partial charge in [0.15, 0.2) is 41.5 Å². The third-order valence-electron chi connectivity index (χ3n) is 7.54. The molecule has 1 saturated heterocycles. The SMILES string of the molecule is CC(=CCO)CO[C@@H]1O[C@H](COC(=O)Cc2ccc(O)c(O)c2)[C@@H](O)[C@H](OC(=O)Cc2ccc(O)cc2)[C@H]1OC(=O)Cc1ccc(O)c(O)c1. The van der Waals surface area contributed by atoms with Crippen molar-refractivity contribution >= 4 is 17.9 Å². The van der Waals surface area contributed by atoms with Gasteiger partial charge in [-0.3, -0.25) is 14.4 Å². The van der Waals surface area contributed by atoms with E-state index in [1.807, 2.05) is 0 Å². The van der Waals surface area contributed by atoms with Crippen molar-refractivity contribution in [3.8, 4) is 28.7 Å². The number of phenols is 5. The van der Waals surface area contributed by atoms with Crippen molar-refractivity contribution in [3.63, 3.8) is 0 Å². The van der Waals surface area contributed by atoms with E-state index in [2.05, 4.69) is 0 Å². The summed E-state index contributed by atoms with van der Waals surface area (Å²) in [6, 6.07) is 13.2. The molecule has 3 aromatic rings. The molecule has 4 rings (SSSR count). The molecule has 5 atom stereocenters. The van der Waals surface area contributed by atoms with E-state index in [0.717, 1.165) is 6.07 Å². The summed E-state index contributed by atoms with van der Waals surface area (Å²) in [7, 11) is 0. The summed E-state index contributed by atoms with van der Waals surface area (Å²) in [6.07, 6.45) is -7.44. The second-order valence-corrected chi connectivity index (χ2v) is 11.5. The highest BCUT2D eigenvalue weighted by atomic mass is 16.7. The van der Waals surface area contributed by atoms with Gasteiger partial charge in [-0.2, -0.15) is 0 Å². The minimum absolute atomic E-state index is 0.0268. The number of aliphatic hydroxyl groups excluding tert-OH is 2. The molecule has 15 nitrogen and oxygen atoms in total. The van der Waals surface area contributed by atoms with Crippen LogP contribution in [0.2, 0.25) is 0 Å². The summed E-state index contributed by atoms with van der Waals surface area (Å²) in [5.41, 5.74) is 1.58. The minimum atomic E-state index is -1.74. The Morgan fingerprint density at radius 3 is 1.80 bits per heavy atom. The second-order valence-electron chi connectivity index (χ2n) is 11.5. The second kappa shape index (κ2) is 17.3. The van der Waals surface area contributed by atoms with Crippen LogP contribution in [-0.4, -0.2) is 104 Å². The predicted octanol–water partition coefficient (Wildman–Crippen LogP) is 1.65. The third kappa shape index (κ3) is 10.6. The van der Waals surface area contributed by atoms with Gasteiger partial charge in [0.05, 0.1) is 32.5 Å². The number of benzene rings is 3. The van der Waals surface area contributed by atoms with Crippen molar-refractivity contribution in [1.29, 1.82) is 0 Å². The zero-order valence-electron chi connectivity index (χ0n) is 26.9. The van der Waals surface area contributed by atoms with Crippen LogP contribution in [0.1, 0.15) is 23.6 Å². The summed E-state index contributed by atoms with van der Waals surface area (Å²) in [6.45, 7) is 0.606. The highest BCUT2D eigenvalue weighted by molar-refractivity contribution is 5.74. The number of hydrogen-bond donors (Lipinski definition) is 7. The van der Waals surface area contributed by atoms with Gasteiger partial charge < -0.3 is 59.4 Å². The Balaban J connectivity index is 1.58. The Bertz CT molecular complexity index is 1670. The number of hydrogen-bond acceptors (Lipinski definition) is 15. The van der Waals surface area contributed by atoms with E-state index in [0.29, 0.717) is 16.7 Å². The fourth-order valence-corrected chi connectivity index (χ4v) is 4.94. The van der Waals surface area contributed by atoms with Crippen LogP contribution in [0, 0.1) is 0 Å². The maximum absolute atomic E-state index is 13.2. The van der Waals surface area contributed by atoms with Gasteiger partial charge in [0.2, 0.25) is 0 Å². The quantitative estimate of drug-likeness (QED) is 0.0548. The zero-order chi connectivity index (χ0) is 36.4. The molecule has 7 N–H and O–H groups in total. The lowest BCUT2D eigenvalue weighted by molar-refractivity contribution is -0.305. The largest absolute Gasteiger partial charge is 0.508 e. The van der Waals surface area contributed by atoms with Gasteiger partial charge in [-0.05, 0) is 65.6 Å². The number of carbonyl (C=O) groups excluding carboxylic acids is 3.